The molecule has 2 saturated carbocycles. The summed E-state index contributed by atoms with van der Waals surface area (Å²) in [6, 6.07) is 8.68. The Bertz CT molecular complexity index is 1220. The molecule has 3 unspecified atom stereocenters. The van der Waals surface area contributed by atoms with Crippen LogP contribution in [0.2, 0.25) is 0 Å². The smallest absolute Gasteiger partial charge is 0.188 e. The zero-order valence-corrected chi connectivity index (χ0v) is 23.7. The number of hydrogen-bond donors (Lipinski definition) is 1. The van der Waals surface area contributed by atoms with Gasteiger partial charge in [-0.2, -0.15) is 0 Å². The van der Waals surface area contributed by atoms with Gasteiger partial charge in [-0.25, -0.2) is 0 Å². The van der Waals surface area contributed by atoms with Crippen LogP contribution in [-0.2, 0) is 14.4 Å². The molecular weight excluding hydrogens is 460 g/mol. The van der Waals surface area contributed by atoms with Crippen molar-refractivity contribution in [1.29, 1.82) is 0 Å². The summed E-state index contributed by atoms with van der Waals surface area (Å²) in [6.45, 7) is 15.9. The Hall–Kier alpha value is -3.01. The van der Waals surface area contributed by atoms with Crippen molar-refractivity contribution < 1.29 is 19.5 Å². The molecule has 2 bridgehead atoms. The van der Waals surface area contributed by atoms with Crippen molar-refractivity contribution in [3.63, 3.8) is 0 Å². The predicted octanol–water partition coefficient (Wildman–Crippen LogP) is 7.76. The molecule has 2 fully saturated rings. The first kappa shape index (κ1) is 28.6. The lowest BCUT2D eigenvalue weighted by molar-refractivity contribution is -0.170. The fourth-order valence-electron chi connectivity index (χ4n) is 6.04. The molecule has 0 aliphatic heterocycles. The second-order valence-corrected chi connectivity index (χ2v) is 11.9. The fraction of sp³-hybridized carbons (Fsp3) is 0.485. The number of hydrogen-bond acceptors (Lipinski definition) is 4. The molecule has 0 spiro atoms. The topological polar surface area (TPSA) is 71.4 Å². The first-order valence-corrected chi connectivity index (χ1v) is 13.3. The fourth-order valence-corrected chi connectivity index (χ4v) is 6.04. The third-order valence-corrected chi connectivity index (χ3v) is 8.65. The van der Waals surface area contributed by atoms with E-state index in [9.17, 15) is 19.5 Å². The van der Waals surface area contributed by atoms with E-state index in [0.29, 0.717) is 24.8 Å². The Balaban J connectivity index is 2.47. The van der Waals surface area contributed by atoms with Crippen LogP contribution in [0.1, 0.15) is 86.6 Å². The largest absolute Gasteiger partial charge is 0.506 e. The quantitative estimate of drug-likeness (QED) is 0.136. The van der Waals surface area contributed by atoms with Crippen LogP contribution in [0.4, 0.5) is 0 Å². The SMILES string of the molecule is CCC(C)=CC12C(=O)/C(=C(\O)c3ccccc3)C(=O)C(CC=C(C)C)(CC(CC=C(C)C)C1(C)C)C2=O. The molecule has 0 heterocycles. The van der Waals surface area contributed by atoms with Crippen LogP contribution < -0.4 is 0 Å². The lowest BCUT2D eigenvalue weighted by atomic mass is 9.39. The maximum Gasteiger partial charge on any atom is 0.188 e. The third-order valence-electron chi connectivity index (χ3n) is 8.65. The average molecular weight is 503 g/mol. The molecule has 4 heteroatoms. The number of ketones is 3. The standard InChI is InChI=1S/C33H42O4/c1-9-23(6)19-33-29(36)26(27(34)24-13-11-10-12-14-24)28(35)32(30(33)37,18-17-22(4)5)20-25(31(33,7)8)16-15-21(2)3/h10-15,17,19,25,34H,9,16,18,20H2,1-8H3/b23-19?,27-26-. The van der Waals surface area contributed by atoms with Crippen LogP contribution >= 0.6 is 0 Å². The minimum Gasteiger partial charge on any atom is -0.506 e. The minimum absolute atomic E-state index is 0.0834. The van der Waals surface area contributed by atoms with Gasteiger partial charge in [0.2, 0.25) is 0 Å². The lowest BCUT2D eigenvalue weighted by Gasteiger charge is -2.59. The van der Waals surface area contributed by atoms with E-state index in [2.05, 4.69) is 6.08 Å². The van der Waals surface area contributed by atoms with Crippen LogP contribution in [-0.4, -0.2) is 22.5 Å². The van der Waals surface area contributed by atoms with E-state index in [0.717, 1.165) is 16.7 Å². The highest BCUT2D eigenvalue weighted by Crippen LogP contribution is 2.65. The van der Waals surface area contributed by atoms with E-state index >= 15 is 0 Å². The highest BCUT2D eigenvalue weighted by molar-refractivity contribution is 6.42. The van der Waals surface area contributed by atoms with Crippen LogP contribution in [0.15, 0.2) is 70.9 Å². The maximum absolute atomic E-state index is 14.7. The molecule has 0 amide bonds. The molecule has 37 heavy (non-hydrogen) atoms. The Morgan fingerprint density at radius 3 is 2.08 bits per heavy atom. The van der Waals surface area contributed by atoms with Crippen molar-refractivity contribution >= 4 is 23.1 Å². The number of Topliss-reactive ketones (excluding diaryl/α,β-unsaturated/α-hetero) is 3. The number of benzene rings is 1. The molecule has 1 N–H and O–H groups in total. The first-order chi connectivity index (χ1) is 17.3. The molecule has 3 atom stereocenters. The zero-order chi connectivity index (χ0) is 27.8. The van der Waals surface area contributed by atoms with Gasteiger partial charge in [0, 0.05) is 5.56 Å². The highest BCUT2D eigenvalue weighted by atomic mass is 16.3. The molecule has 1 aromatic carbocycles. The number of aliphatic hydroxyl groups excluding tert-OH is 1. The van der Waals surface area contributed by atoms with Crippen LogP contribution in [0.5, 0.6) is 0 Å². The van der Waals surface area contributed by atoms with Crippen molar-refractivity contribution in [3.8, 4) is 0 Å². The summed E-state index contributed by atoms with van der Waals surface area (Å²) in [5.41, 5.74) is -0.498. The molecule has 1 aromatic rings. The second-order valence-electron chi connectivity index (χ2n) is 11.9. The molecule has 0 aromatic heterocycles. The summed E-state index contributed by atoms with van der Waals surface area (Å²) in [5, 5.41) is 11.4. The van der Waals surface area contributed by atoms with E-state index in [4.69, 9.17) is 0 Å². The van der Waals surface area contributed by atoms with Crippen LogP contribution in [0.25, 0.3) is 5.76 Å². The Morgan fingerprint density at radius 1 is 0.946 bits per heavy atom. The molecular formula is C33H42O4. The predicted molar refractivity (Wildman–Crippen MR) is 150 cm³/mol. The van der Waals surface area contributed by atoms with E-state index in [1.165, 1.54) is 0 Å². The van der Waals surface area contributed by atoms with E-state index in [1.54, 1.807) is 24.3 Å². The number of allylic oxidation sites excluding steroid dienone is 7. The highest BCUT2D eigenvalue weighted by Gasteiger charge is 2.73. The Morgan fingerprint density at radius 2 is 1.54 bits per heavy atom. The number of rotatable bonds is 7. The summed E-state index contributed by atoms with van der Waals surface area (Å²) in [5.74, 6) is -1.85. The second kappa shape index (κ2) is 10.4. The average Bonchev–Trinajstić information content (AvgIpc) is 2.85. The molecule has 0 saturated heterocycles. The lowest BCUT2D eigenvalue weighted by Crippen LogP contribution is -2.69. The summed E-state index contributed by atoms with van der Waals surface area (Å²) in [4.78, 5) is 43.7. The number of aliphatic hydroxyl groups is 1. The van der Waals surface area contributed by atoms with Crippen LogP contribution in [0, 0.1) is 22.2 Å². The molecule has 0 radical (unpaired) electrons. The maximum atomic E-state index is 14.7. The normalized spacial score (nSPS) is 28.6. The molecule has 198 valence electrons. The Labute approximate surface area is 222 Å². The van der Waals surface area contributed by atoms with Crippen LogP contribution in [0.3, 0.4) is 0 Å². The number of fused-ring (bicyclic) bond motifs is 2. The van der Waals surface area contributed by atoms with Gasteiger partial charge in [0.05, 0.1) is 5.41 Å². The summed E-state index contributed by atoms with van der Waals surface area (Å²) >= 11 is 0. The Kier molecular flexibility index (Phi) is 8.02. The van der Waals surface area contributed by atoms with Gasteiger partial charge in [0.1, 0.15) is 16.7 Å². The molecule has 3 rings (SSSR count). The van der Waals surface area contributed by atoms with Gasteiger partial charge >= 0.3 is 0 Å². The van der Waals surface area contributed by atoms with Crippen molar-refractivity contribution in [2.24, 2.45) is 22.2 Å². The number of carbonyl (C=O) groups excluding carboxylic acids is 3. The molecule has 2 aliphatic carbocycles. The zero-order valence-electron chi connectivity index (χ0n) is 23.7. The van der Waals surface area contributed by atoms with Crippen molar-refractivity contribution in [2.75, 3.05) is 0 Å². The van der Waals surface area contributed by atoms with Gasteiger partial charge in [-0.3, -0.25) is 14.4 Å². The van der Waals surface area contributed by atoms with E-state index < -0.39 is 27.8 Å². The summed E-state index contributed by atoms with van der Waals surface area (Å²) in [7, 11) is 0. The third kappa shape index (κ3) is 4.60. The first-order valence-electron chi connectivity index (χ1n) is 13.3. The van der Waals surface area contributed by atoms with E-state index in [1.807, 2.05) is 73.6 Å². The number of carbonyl (C=O) groups is 3. The monoisotopic (exact) mass is 502 g/mol. The van der Waals surface area contributed by atoms with Gasteiger partial charge < -0.3 is 5.11 Å². The van der Waals surface area contributed by atoms with E-state index in [-0.39, 0.29) is 29.5 Å². The van der Waals surface area contributed by atoms with Gasteiger partial charge in [-0.15, -0.1) is 0 Å². The summed E-state index contributed by atoms with van der Waals surface area (Å²) < 4.78 is 0. The van der Waals surface area contributed by atoms with Gasteiger partial charge in [-0.1, -0.05) is 86.1 Å². The molecule has 4 nitrogen and oxygen atoms in total. The van der Waals surface area contributed by atoms with Gasteiger partial charge in [0.25, 0.3) is 0 Å². The molecule has 2 aliphatic rings. The van der Waals surface area contributed by atoms with Crippen molar-refractivity contribution in [2.45, 2.75) is 81.1 Å². The minimum atomic E-state index is -1.55. The van der Waals surface area contributed by atoms with Gasteiger partial charge in [-0.05, 0) is 71.6 Å². The summed E-state index contributed by atoms with van der Waals surface area (Å²) in [6.07, 6.45) is 7.80. The van der Waals surface area contributed by atoms with Crippen molar-refractivity contribution in [3.05, 3.63) is 76.4 Å². The van der Waals surface area contributed by atoms with Crippen molar-refractivity contribution in [1.82, 2.24) is 0 Å². The van der Waals surface area contributed by atoms with Gasteiger partial charge in [0.15, 0.2) is 17.3 Å².